The zero-order valence-electron chi connectivity index (χ0n) is 10.6. The molecule has 0 radical (unpaired) electrons. The van der Waals surface area contributed by atoms with Crippen LogP contribution in [0.1, 0.15) is 10.5 Å². The van der Waals surface area contributed by atoms with Crippen LogP contribution >= 0.6 is 0 Å². The van der Waals surface area contributed by atoms with Crippen molar-refractivity contribution in [1.29, 1.82) is 0 Å². The van der Waals surface area contributed by atoms with Gasteiger partial charge in [0.05, 0.1) is 15.8 Å². The van der Waals surface area contributed by atoms with Gasteiger partial charge in [0.25, 0.3) is 11.6 Å². The Labute approximate surface area is 118 Å². The number of carbonyl (C=O) groups excluding carboxylic acids is 1. The SMILES string of the molecule is O=C(Nc1ccccc1[N+](=O)[O-])c1n[nH]c2ccncc12. The quantitative estimate of drug-likeness (QED) is 0.564. The van der Waals surface area contributed by atoms with E-state index in [0.717, 1.165) is 0 Å². The number of para-hydroxylation sites is 2. The molecule has 104 valence electrons. The van der Waals surface area contributed by atoms with Gasteiger partial charge in [-0.25, -0.2) is 0 Å². The van der Waals surface area contributed by atoms with Gasteiger partial charge in [-0.15, -0.1) is 0 Å². The molecule has 2 aromatic heterocycles. The normalized spacial score (nSPS) is 10.5. The van der Waals surface area contributed by atoms with E-state index in [1.54, 1.807) is 18.3 Å². The molecular weight excluding hydrogens is 274 g/mol. The summed E-state index contributed by atoms with van der Waals surface area (Å²) in [6.07, 6.45) is 3.08. The molecule has 0 aliphatic rings. The number of aromatic nitrogens is 3. The van der Waals surface area contributed by atoms with Crippen LogP contribution in [0.4, 0.5) is 11.4 Å². The largest absolute Gasteiger partial charge is 0.315 e. The molecule has 1 aromatic carbocycles. The topological polar surface area (TPSA) is 114 Å². The van der Waals surface area contributed by atoms with Gasteiger partial charge in [-0.3, -0.25) is 25.0 Å². The monoisotopic (exact) mass is 283 g/mol. The van der Waals surface area contributed by atoms with Crippen LogP contribution in [0, 0.1) is 10.1 Å². The van der Waals surface area contributed by atoms with Gasteiger partial charge in [-0.2, -0.15) is 5.10 Å². The third-order valence-electron chi connectivity index (χ3n) is 2.93. The van der Waals surface area contributed by atoms with Gasteiger partial charge < -0.3 is 5.32 Å². The predicted octanol–water partition coefficient (Wildman–Crippen LogP) is 2.12. The Balaban J connectivity index is 1.96. The molecule has 2 heterocycles. The lowest BCUT2D eigenvalue weighted by molar-refractivity contribution is -0.383. The summed E-state index contributed by atoms with van der Waals surface area (Å²) in [6.45, 7) is 0. The molecule has 0 aliphatic carbocycles. The third kappa shape index (κ3) is 2.29. The molecule has 8 heteroatoms. The number of pyridine rings is 1. The zero-order valence-corrected chi connectivity index (χ0v) is 10.6. The highest BCUT2D eigenvalue weighted by Gasteiger charge is 2.19. The van der Waals surface area contributed by atoms with Crippen LogP contribution < -0.4 is 5.32 Å². The number of nitrogens with zero attached hydrogens (tertiary/aromatic N) is 3. The second-order valence-corrected chi connectivity index (χ2v) is 4.22. The first-order chi connectivity index (χ1) is 10.2. The van der Waals surface area contributed by atoms with E-state index in [0.29, 0.717) is 10.9 Å². The van der Waals surface area contributed by atoms with Gasteiger partial charge in [-0.05, 0) is 12.1 Å². The van der Waals surface area contributed by atoms with Crippen molar-refractivity contribution >= 4 is 28.2 Å². The number of anilines is 1. The molecule has 0 saturated heterocycles. The Morgan fingerprint density at radius 1 is 1.29 bits per heavy atom. The molecule has 0 spiro atoms. The summed E-state index contributed by atoms with van der Waals surface area (Å²) in [5.41, 5.74) is 0.741. The van der Waals surface area contributed by atoms with Crippen molar-refractivity contribution in [3.63, 3.8) is 0 Å². The van der Waals surface area contributed by atoms with Crippen LogP contribution in [0.2, 0.25) is 0 Å². The lowest BCUT2D eigenvalue weighted by Crippen LogP contribution is -2.14. The van der Waals surface area contributed by atoms with E-state index >= 15 is 0 Å². The molecule has 0 atom stereocenters. The van der Waals surface area contributed by atoms with E-state index in [4.69, 9.17) is 0 Å². The standard InChI is InChI=1S/C13H9N5O3/c19-13(12-8-7-14-6-5-9(8)16-17-12)15-10-3-1-2-4-11(10)18(20)21/h1-7H,(H,15,19)(H,16,17). The van der Waals surface area contributed by atoms with Gasteiger partial charge in [0.2, 0.25) is 0 Å². The van der Waals surface area contributed by atoms with Crippen LogP contribution in [0.5, 0.6) is 0 Å². The maximum atomic E-state index is 12.2. The molecule has 21 heavy (non-hydrogen) atoms. The van der Waals surface area contributed by atoms with E-state index < -0.39 is 10.8 Å². The van der Waals surface area contributed by atoms with Gasteiger partial charge in [0.15, 0.2) is 5.69 Å². The fourth-order valence-electron chi connectivity index (χ4n) is 1.95. The number of H-pyrrole nitrogens is 1. The highest BCUT2D eigenvalue weighted by Crippen LogP contribution is 2.24. The van der Waals surface area contributed by atoms with Crippen LogP contribution in [0.25, 0.3) is 10.9 Å². The fourth-order valence-corrected chi connectivity index (χ4v) is 1.95. The first-order valence-corrected chi connectivity index (χ1v) is 5.99. The first-order valence-electron chi connectivity index (χ1n) is 5.99. The van der Waals surface area contributed by atoms with E-state index in [2.05, 4.69) is 20.5 Å². The molecule has 0 aliphatic heterocycles. The van der Waals surface area contributed by atoms with Gasteiger partial charge in [0.1, 0.15) is 5.69 Å². The minimum Gasteiger partial charge on any atom is -0.315 e. The Kier molecular flexibility index (Phi) is 3.03. The number of amides is 1. The summed E-state index contributed by atoms with van der Waals surface area (Å²) in [5.74, 6) is -0.538. The second-order valence-electron chi connectivity index (χ2n) is 4.22. The molecule has 8 nitrogen and oxygen atoms in total. The average Bonchev–Trinajstić information content (AvgIpc) is 2.91. The van der Waals surface area contributed by atoms with E-state index in [1.165, 1.54) is 24.4 Å². The van der Waals surface area contributed by atoms with Crippen molar-refractivity contribution in [2.45, 2.75) is 0 Å². The number of fused-ring (bicyclic) bond motifs is 1. The Morgan fingerprint density at radius 3 is 2.90 bits per heavy atom. The summed E-state index contributed by atoms with van der Waals surface area (Å²) < 4.78 is 0. The van der Waals surface area contributed by atoms with E-state index in [1.807, 2.05) is 0 Å². The summed E-state index contributed by atoms with van der Waals surface area (Å²) in [5, 5.41) is 20.6. The molecule has 0 unspecified atom stereocenters. The third-order valence-corrected chi connectivity index (χ3v) is 2.93. The Hall–Kier alpha value is -3.29. The van der Waals surface area contributed by atoms with Gasteiger partial charge in [0, 0.05) is 18.5 Å². The van der Waals surface area contributed by atoms with Crippen molar-refractivity contribution in [2.24, 2.45) is 0 Å². The predicted molar refractivity (Wildman–Crippen MR) is 74.9 cm³/mol. The average molecular weight is 283 g/mol. The maximum absolute atomic E-state index is 12.2. The summed E-state index contributed by atoms with van der Waals surface area (Å²) in [4.78, 5) is 26.5. The number of carbonyl (C=O) groups is 1. The van der Waals surface area contributed by atoms with Crippen molar-refractivity contribution in [3.8, 4) is 0 Å². The number of hydrogen-bond acceptors (Lipinski definition) is 5. The van der Waals surface area contributed by atoms with E-state index in [9.17, 15) is 14.9 Å². The van der Waals surface area contributed by atoms with Gasteiger partial charge >= 0.3 is 0 Å². The molecule has 1 amide bonds. The number of hydrogen-bond donors (Lipinski definition) is 2. The highest BCUT2D eigenvalue weighted by molar-refractivity contribution is 6.11. The van der Waals surface area contributed by atoms with Crippen molar-refractivity contribution in [3.05, 3.63) is 58.5 Å². The number of rotatable bonds is 3. The van der Waals surface area contributed by atoms with Crippen molar-refractivity contribution in [1.82, 2.24) is 15.2 Å². The van der Waals surface area contributed by atoms with Crippen molar-refractivity contribution in [2.75, 3.05) is 5.32 Å². The maximum Gasteiger partial charge on any atom is 0.292 e. The second kappa shape index (κ2) is 5.00. The van der Waals surface area contributed by atoms with Gasteiger partial charge in [-0.1, -0.05) is 12.1 Å². The van der Waals surface area contributed by atoms with E-state index in [-0.39, 0.29) is 17.1 Å². The molecule has 3 aromatic rings. The molecule has 2 N–H and O–H groups in total. The number of aromatic amines is 1. The van der Waals surface area contributed by atoms with Crippen LogP contribution in [0.3, 0.4) is 0 Å². The molecule has 0 fully saturated rings. The lowest BCUT2D eigenvalue weighted by Gasteiger charge is -2.04. The number of nitrogens with one attached hydrogen (secondary N) is 2. The zero-order chi connectivity index (χ0) is 14.8. The highest BCUT2D eigenvalue weighted by atomic mass is 16.6. The van der Waals surface area contributed by atoms with Crippen LogP contribution in [-0.2, 0) is 0 Å². The molecule has 3 rings (SSSR count). The number of benzene rings is 1. The lowest BCUT2D eigenvalue weighted by atomic mass is 10.2. The molecule has 0 bridgehead atoms. The van der Waals surface area contributed by atoms with Crippen LogP contribution in [-0.4, -0.2) is 26.0 Å². The smallest absolute Gasteiger partial charge is 0.292 e. The minimum absolute atomic E-state index is 0.118. The Morgan fingerprint density at radius 2 is 2.10 bits per heavy atom. The first kappa shape index (κ1) is 12.7. The number of nitro groups is 1. The minimum atomic E-state index is -0.556. The summed E-state index contributed by atoms with van der Waals surface area (Å²) in [7, 11) is 0. The summed E-state index contributed by atoms with van der Waals surface area (Å²) in [6, 6.07) is 7.60. The van der Waals surface area contributed by atoms with Crippen molar-refractivity contribution < 1.29 is 9.72 Å². The van der Waals surface area contributed by atoms with Crippen LogP contribution in [0.15, 0.2) is 42.7 Å². The Bertz CT molecular complexity index is 842. The number of nitro benzene ring substituents is 1. The molecular formula is C13H9N5O3. The molecule has 0 saturated carbocycles. The fraction of sp³-hybridized carbons (Fsp3) is 0. The summed E-state index contributed by atoms with van der Waals surface area (Å²) >= 11 is 0.